The maximum atomic E-state index is 2.61. The van der Waals surface area contributed by atoms with E-state index in [1.807, 2.05) is 0 Å². The van der Waals surface area contributed by atoms with Crippen LogP contribution >= 0.6 is 0 Å². The largest absolute Gasteiger partial charge is 1.00 e. The number of rotatable bonds is 4. The summed E-state index contributed by atoms with van der Waals surface area (Å²) in [5.74, 6) is 0. The molecule has 2 unspecified atom stereocenters. The van der Waals surface area contributed by atoms with Crippen LogP contribution in [0.15, 0.2) is 81.3 Å². The molecule has 0 aromatic heterocycles. The van der Waals surface area contributed by atoms with Crippen molar-refractivity contribution < 1.29 is 57.7 Å². The van der Waals surface area contributed by atoms with Gasteiger partial charge in [-0.3, -0.25) is 0 Å². The van der Waals surface area contributed by atoms with Gasteiger partial charge in [-0.05, 0) is 0 Å². The number of hydrogen-bond acceptors (Lipinski definition) is 0. The molecule has 1 aliphatic rings. The summed E-state index contributed by atoms with van der Waals surface area (Å²) in [6.45, 7) is 30.7. The molecule has 0 heterocycles. The van der Waals surface area contributed by atoms with Crippen LogP contribution in [0.25, 0.3) is 0 Å². The molecule has 3 aromatic carbocycles. The van der Waals surface area contributed by atoms with Crippen LogP contribution < -0.4 is 52.8 Å². The number of allylic oxidation sites excluding steroid dienone is 4. The fraction of sp³-hybridized carbons (Fsp3) is 0.421. The van der Waals surface area contributed by atoms with E-state index in [-0.39, 0.29) is 53.1 Å². The van der Waals surface area contributed by atoms with Crippen molar-refractivity contribution >= 4 is 23.6 Å². The Hall–Kier alpha value is -1.06. The SMILES string of the molecule is CC1=C(C)C(C)([Si](c2cccc(C)c2)(c2cc(C)cc(C)c2)c2cc(C(C)(C)C)cc(C(C)(C)C)c2)[C]([Ti+3])=C1C.[Cl-].[Cl-].[Cl-]. The predicted octanol–water partition coefficient (Wildman–Crippen LogP) is -0.380. The molecule has 0 saturated heterocycles. The van der Waals surface area contributed by atoms with Crippen LogP contribution in [-0.4, -0.2) is 8.07 Å². The summed E-state index contributed by atoms with van der Waals surface area (Å²) in [6, 6.07) is 24.6. The van der Waals surface area contributed by atoms with E-state index in [0.29, 0.717) is 0 Å². The molecule has 5 heteroatoms. The molecule has 0 N–H and O–H groups in total. The third-order valence-electron chi connectivity index (χ3n) is 9.70. The fourth-order valence-corrected chi connectivity index (χ4v) is 15.0. The normalized spacial score (nSPS) is 18.5. The van der Waals surface area contributed by atoms with Crippen LogP contribution in [0, 0.1) is 20.8 Å². The second-order valence-electron chi connectivity index (χ2n) is 14.7. The van der Waals surface area contributed by atoms with E-state index in [4.69, 9.17) is 0 Å². The minimum Gasteiger partial charge on any atom is -1.00 e. The Bertz CT molecular complexity index is 1480. The molecule has 0 aliphatic heterocycles. The topological polar surface area (TPSA) is 0 Å². The van der Waals surface area contributed by atoms with E-state index in [0.717, 1.165) is 0 Å². The van der Waals surface area contributed by atoms with Crippen LogP contribution in [0.3, 0.4) is 0 Å². The Labute approximate surface area is 294 Å². The van der Waals surface area contributed by atoms with Crippen molar-refractivity contribution in [2.75, 3.05) is 0 Å². The second kappa shape index (κ2) is 13.7. The average molecular weight is 688 g/mol. The van der Waals surface area contributed by atoms with Crippen molar-refractivity contribution in [1.29, 1.82) is 0 Å². The maximum Gasteiger partial charge on any atom is -1.00 e. The van der Waals surface area contributed by atoms with Gasteiger partial charge in [0, 0.05) is 0 Å². The van der Waals surface area contributed by atoms with Gasteiger partial charge in [-0.25, -0.2) is 0 Å². The van der Waals surface area contributed by atoms with E-state index in [1.54, 1.807) is 0 Å². The molecule has 0 saturated carbocycles. The first-order valence-corrected chi connectivity index (χ1v) is 17.6. The molecule has 0 spiro atoms. The van der Waals surface area contributed by atoms with Gasteiger partial charge in [0.05, 0.1) is 0 Å². The Kier molecular flexibility index (Phi) is 12.8. The van der Waals surface area contributed by atoms with Crippen LogP contribution in [0.2, 0.25) is 5.04 Å². The van der Waals surface area contributed by atoms with Crippen LogP contribution in [0.5, 0.6) is 0 Å². The zero-order valence-electron chi connectivity index (χ0n) is 28.4. The van der Waals surface area contributed by atoms with Gasteiger partial charge >= 0.3 is 259 Å². The van der Waals surface area contributed by atoms with Gasteiger partial charge in [-0.2, -0.15) is 0 Å². The van der Waals surface area contributed by atoms with E-state index >= 15 is 0 Å². The first kappa shape index (κ1) is 40.0. The van der Waals surface area contributed by atoms with Crippen LogP contribution in [0.4, 0.5) is 0 Å². The molecule has 2 atom stereocenters. The van der Waals surface area contributed by atoms with E-state index in [2.05, 4.69) is 171 Å². The summed E-state index contributed by atoms with van der Waals surface area (Å²) < 4.78 is 1.54. The summed E-state index contributed by atoms with van der Waals surface area (Å²) in [6.07, 6.45) is 0. The number of benzene rings is 3. The van der Waals surface area contributed by atoms with Gasteiger partial charge in [-0.15, -0.1) is 0 Å². The zero-order valence-corrected chi connectivity index (χ0v) is 33.2. The van der Waals surface area contributed by atoms with Crippen LogP contribution in [-0.2, 0) is 31.3 Å². The van der Waals surface area contributed by atoms with Crippen molar-refractivity contribution in [3.8, 4) is 0 Å². The van der Waals surface area contributed by atoms with Gasteiger partial charge in [-0.1, -0.05) is 0 Å². The van der Waals surface area contributed by atoms with E-state index in [1.165, 1.54) is 64.0 Å². The van der Waals surface area contributed by atoms with Gasteiger partial charge in [0.25, 0.3) is 0 Å². The maximum absolute atomic E-state index is 2.76. The van der Waals surface area contributed by atoms with Gasteiger partial charge in [0.1, 0.15) is 0 Å². The Morgan fingerprint density at radius 1 is 0.558 bits per heavy atom. The molecule has 3 aromatic rings. The zero-order chi connectivity index (χ0) is 30.0. The van der Waals surface area contributed by atoms with Crippen molar-refractivity contribution in [2.24, 2.45) is 0 Å². The quantitative estimate of drug-likeness (QED) is 0.260. The standard InChI is InChI=1S/C38H49Si.3ClH.Ti/c1-25-15-14-16-33(18-25)39(34-19-26(2)17-27(3)20-34,38(13)24-28(4)29(5)30(38)6)35-22-31(36(7,8)9)21-32(23-35)37(10,11)12;;;;/h14-23H,1-13H3;3*1H;/q;;;;+3/p-3. The summed E-state index contributed by atoms with van der Waals surface area (Å²) in [5, 5.41) is 4.45. The third kappa shape index (κ3) is 6.74. The number of halogens is 3. The molecule has 0 fully saturated rings. The molecule has 0 nitrogen and oxygen atoms in total. The summed E-state index contributed by atoms with van der Waals surface area (Å²) in [4.78, 5) is 0. The second-order valence-corrected chi connectivity index (χ2v) is 19.7. The van der Waals surface area contributed by atoms with Gasteiger partial charge in [0.15, 0.2) is 0 Å². The van der Waals surface area contributed by atoms with Crippen molar-refractivity contribution in [1.82, 2.24) is 0 Å². The molecular weight excluding hydrogens is 639 g/mol. The third-order valence-corrected chi connectivity index (χ3v) is 17.1. The Morgan fingerprint density at radius 2 is 1.00 bits per heavy atom. The molecule has 0 bridgehead atoms. The average Bonchev–Trinajstić information content (AvgIpc) is 2.99. The van der Waals surface area contributed by atoms with Gasteiger partial charge in [0.2, 0.25) is 0 Å². The van der Waals surface area contributed by atoms with Crippen molar-refractivity contribution in [3.05, 3.63) is 109 Å². The molecule has 0 amide bonds. The molecule has 230 valence electrons. The smallest absolute Gasteiger partial charge is 1.00 e. The number of hydrogen-bond donors (Lipinski definition) is 0. The first-order valence-electron chi connectivity index (χ1n) is 14.8. The van der Waals surface area contributed by atoms with Crippen molar-refractivity contribution in [3.63, 3.8) is 0 Å². The fourth-order valence-electron chi connectivity index (χ4n) is 7.02. The first-order chi connectivity index (χ1) is 18.3. The van der Waals surface area contributed by atoms with E-state index in [9.17, 15) is 0 Å². The summed E-state index contributed by atoms with van der Waals surface area (Å²) in [7, 11) is -2.76. The number of aryl methyl sites for hydroxylation is 3. The van der Waals surface area contributed by atoms with Gasteiger partial charge < -0.3 is 37.2 Å². The molecular formula is C38H49Cl3SiTi. The molecule has 0 radical (unpaired) electrons. The van der Waals surface area contributed by atoms with E-state index < -0.39 is 8.07 Å². The molecule has 4 rings (SSSR count). The summed E-state index contributed by atoms with van der Waals surface area (Å²) in [5.41, 5.74) is 11.5. The minimum absolute atomic E-state index is 0. The Balaban J connectivity index is 0.00000308. The Morgan fingerprint density at radius 3 is 1.40 bits per heavy atom. The minimum atomic E-state index is -2.76. The van der Waals surface area contributed by atoms with Crippen molar-refractivity contribution in [2.45, 2.75) is 106 Å². The van der Waals surface area contributed by atoms with Crippen LogP contribution in [0.1, 0.15) is 97.1 Å². The summed E-state index contributed by atoms with van der Waals surface area (Å²) >= 11 is 2.42. The predicted molar refractivity (Wildman–Crippen MR) is 175 cm³/mol. The molecule has 1 aliphatic carbocycles. The monoisotopic (exact) mass is 686 g/mol. The molecule has 43 heavy (non-hydrogen) atoms.